The highest BCUT2D eigenvalue weighted by molar-refractivity contribution is 5.91. The van der Waals surface area contributed by atoms with Gasteiger partial charge in [-0.2, -0.15) is 0 Å². The maximum absolute atomic E-state index is 13.5. The quantitative estimate of drug-likeness (QED) is 0.440. The molecular formula is C32H38N6O5. The fourth-order valence-electron chi connectivity index (χ4n) is 5.95. The van der Waals surface area contributed by atoms with E-state index in [9.17, 15) is 24.0 Å². The van der Waals surface area contributed by atoms with Gasteiger partial charge in [0.05, 0.1) is 5.56 Å². The van der Waals surface area contributed by atoms with Gasteiger partial charge in [0, 0.05) is 57.6 Å². The fraction of sp³-hybridized carbons (Fsp3) is 0.406. The zero-order chi connectivity index (χ0) is 30.7. The van der Waals surface area contributed by atoms with Crippen LogP contribution >= 0.6 is 0 Å². The molecule has 0 atom stereocenters. The number of likely N-dealkylation sites (tertiary alicyclic amines) is 1. The van der Waals surface area contributed by atoms with E-state index < -0.39 is 11.2 Å². The number of carbonyl (C=O) groups excluding carboxylic acids is 3. The molecule has 0 bridgehead atoms. The van der Waals surface area contributed by atoms with Crippen molar-refractivity contribution < 1.29 is 14.4 Å². The summed E-state index contributed by atoms with van der Waals surface area (Å²) in [7, 11) is 0. The van der Waals surface area contributed by atoms with Crippen molar-refractivity contribution in [1.29, 1.82) is 0 Å². The third-order valence-corrected chi connectivity index (χ3v) is 8.55. The number of nitrogens with one attached hydrogen (secondary N) is 2. The number of anilines is 1. The molecule has 1 fully saturated rings. The van der Waals surface area contributed by atoms with E-state index >= 15 is 0 Å². The smallest absolute Gasteiger partial charge is 0.331 e. The monoisotopic (exact) mass is 586 g/mol. The second-order valence-electron chi connectivity index (χ2n) is 11.3. The Morgan fingerprint density at radius 1 is 0.953 bits per heavy atom. The van der Waals surface area contributed by atoms with E-state index in [1.54, 1.807) is 4.90 Å². The van der Waals surface area contributed by atoms with Crippen LogP contribution in [0.3, 0.4) is 0 Å². The molecule has 0 spiro atoms. The Labute approximate surface area is 250 Å². The summed E-state index contributed by atoms with van der Waals surface area (Å²) in [6.07, 6.45) is 3.51. The van der Waals surface area contributed by atoms with Crippen molar-refractivity contribution in [2.45, 2.75) is 59.2 Å². The summed E-state index contributed by atoms with van der Waals surface area (Å²) in [4.78, 5) is 68.4. The molecule has 226 valence electrons. The molecule has 0 radical (unpaired) electrons. The highest BCUT2D eigenvalue weighted by Gasteiger charge is 2.31. The van der Waals surface area contributed by atoms with Crippen molar-refractivity contribution in [3.8, 4) is 11.1 Å². The predicted molar refractivity (Wildman–Crippen MR) is 164 cm³/mol. The molecule has 1 aromatic heterocycles. The van der Waals surface area contributed by atoms with Crippen molar-refractivity contribution in [2.75, 3.05) is 31.5 Å². The summed E-state index contributed by atoms with van der Waals surface area (Å²) < 4.78 is 2.38. The SMILES string of the molecule is CC(=O)NCCn1c(=O)c(-c2cccc(C)c2C)cn(CC(=O)N2CCC(N3CCc4ccccc4NC3=O)CC2)c1=O. The number of hydrogen-bond donors (Lipinski definition) is 2. The van der Waals surface area contributed by atoms with Gasteiger partial charge in [-0.3, -0.25) is 23.5 Å². The first kappa shape index (κ1) is 29.8. The van der Waals surface area contributed by atoms with Crippen LogP contribution in [0.4, 0.5) is 10.5 Å². The molecule has 43 heavy (non-hydrogen) atoms. The van der Waals surface area contributed by atoms with Gasteiger partial charge in [0.2, 0.25) is 11.8 Å². The van der Waals surface area contributed by atoms with Crippen molar-refractivity contribution in [1.82, 2.24) is 24.3 Å². The van der Waals surface area contributed by atoms with Gasteiger partial charge in [0.15, 0.2) is 0 Å². The van der Waals surface area contributed by atoms with Crippen molar-refractivity contribution in [3.63, 3.8) is 0 Å². The highest BCUT2D eigenvalue weighted by Crippen LogP contribution is 2.25. The lowest BCUT2D eigenvalue weighted by Crippen LogP contribution is -2.51. The van der Waals surface area contributed by atoms with Crippen LogP contribution in [-0.4, -0.2) is 69.0 Å². The summed E-state index contributed by atoms with van der Waals surface area (Å²) in [5.41, 5.74) is 3.80. The first-order chi connectivity index (χ1) is 20.6. The van der Waals surface area contributed by atoms with E-state index in [0.29, 0.717) is 43.6 Å². The number of benzene rings is 2. The molecule has 0 saturated carbocycles. The minimum absolute atomic E-state index is 0.00710. The number of hydrogen-bond acceptors (Lipinski definition) is 5. The Balaban J connectivity index is 1.32. The Hall–Kier alpha value is -4.67. The molecule has 2 aliphatic heterocycles. The summed E-state index contributed by atoms with van der Waals surface area (Å²) in [5.74, 6) is -0.493. The first-order valence-electron chi connectivity index (χ1n) is 14.7. The van der Waals surface area contributed by atoms with Gasteiger partial charge in [-0.25, -0.2) is 9.59 Å². The Bertz CT molecular complexity index is 1670. The number of rotatable bonds is 7. The second kappa shape index (κ2) is 12.7. The van der Waals surface area contributed by atoms with Crippen LogP contribution in [0.5, 0.6) is 0 Å². The molecule has 11 nitrogen and oxygen atoms in total. The van der Waals surface area contributed by atoms with Crippen molar-refractivity contribution in [2.24, 2.45) is 0 Å². The van der Waals surface area contributed by atoms with E-state index in [1.165, 1.54) is 17.7 Å². The molecule has 0 aliphatic carbocycles. The normalized spacial score (nSPS) is 15.5. The molecule has 0 unspecified atom stereocenters. The number of fused-ring (bicyclic) bond motifs is 1. The van der Waals surface area contributed by atoms with E-state index in [2.05, 4.69) is 10.6 Å². The molecule has 4 amide bonds. The molecule has 3 aromatic rings. The van der Waals surface area contributed by atoms with Crippen LogP contribution in [0.25, 0.3) is 11.1 Å². The molecule has 2 aromatic carbocycles. The summed E-state index contributed by atoms with van der Waals surface area (Å²) in [5, 5.41) is 5.65. The number of para-hydroxylation sites is 1. The van der Waals surface area contributed by atoms with Crippen LogP contribution in [0.1, 0.15) is 36.5 Å². The average Bonchev–Trinajstić information content (AvgIpc) is 3.15. The maximum Gasteiger partial charge on any atom is 0.331 e. The van der Waals surface area contributed by atoms with Gasteiger partial charge in [-0.15, -0.1) is 0 Å². The van der Waals surface area contributed by atoms with Crippen LogP contribution in [0.15, 0.2) is 58.3 Å². The van der Waals surface area contributed by atoms with Gasteiger partial charge >= 0.3 is 11.7 Å². The minimum atomic E-state index is -0.603. The lowest BCUT2D eigenvalue weighted by atomic mass is 9.99. The number of aromatic nitrogens is 2. The van der Waals surface area contributed by atoms with Crippen molar-refractivity contribution >= 4 is 23.5 Å². The number of carbonyl (C=O) groups is 3. The number of urea groups is 1. The number of piperidine rings is 1. The topological polar surface area (TPSA) is 126 Å². The molecule has 2 N–H and O–H groups in total. The Morgan fingerprint density at radius 3 is 2.44 bits per heavy atom. The largest absolute Gasteiger partial charge is 0.355 e. The molecular weight excluding hydrogens is 548 g/mol. The minimum Gasteiger partial charge on any atom is -0.355 e. The molecule has 2 aliphatic rings. The standard InChI is InChI=1S/C32H38N6O5/c1-21-7-6-9-26(22(21)2)27-19-36(32(43)38(30(27)41)18-14-33-23(3)39)20-29(40)35-15-12-25(13-16-35)37-17-11-24-8-4-5-10-28(24)34-31(37)42/h4-10,19,25H,11-18,20H2,1-3H3,(H,33,39)(H,34,42). The van der Waals surface area contributed by atoms with E-state index in [0.717, 1.165) is 33.4 Å². The number of nitrogens with zero attached hydrogens (tertiary/aromatic N) is 4. The zero-order valence-electron chi connectivity index (χ0n) is 24.9. The molecule has 3 heterocycles. The van der Waals surface area contributed by atoms with E-state index in [-0.39, 0.29) is 43.5 Å². The molecule has 1 saturated heterocycles. The fourth-order valence-corrected chi connectivity index (χ4v) is 5.95. The first-order valence-corrected chi connectivity index (χ1v) is 14.7. The Morgan fingerprint density at radius 2 is 1.70 bits per heavy atom. The van der Waals surface area contributed by atoms with E-state index in [4.69, 9.17) is 0 Å². The van der Waals surface area contributed by atoms with Crippen molar-refractivity contribution in [3.05, 3.63) is 86.2 Å². The van der Waals surface area contributed by atoms with Gasteiger partial charge in [0.1, 0.15) is 6.54 Å². The van der Waals surface area contributed by atoms with Gasteiger partial charge in [-0.1, -0.05) is 36.4 Å². The summed E-state index contributed by atoms with van der Waals surface area (Å²) in [6.45, 7) is 6.63. The van der Waals surface area contributed by atoms with E-state index in [1.807, 2.05) is 61.2 Å². The highest BCUT2D eigenvalue weighted by atomic mass is 16.2. The number of amides is 4. The third kappa shape index (κ3) is 6.40. The van der Waals surface area contributed by atoms with Crippen LogP contribution in [0.2, 0.25) is 0 Å². The maximum atomic E-state index is 13.5. The summed E-state index contributed by atoms with van der Waals surface area (Å²) in [6, 6.07) is 13.3. The van der Waals surface area contributed by atoms with Crippen LogP contribution < -0.4 is 21.9 Å². The summed E-state index contributed by atoms with van der Waals surface area (Å²) >= 11 is 0. The average molecular weight is 587 g/mol. The van der Waals surface area contributed by atoms with Crippen LogP contribution in [0, 0.1) is 13.8 Å². The lowest BCUT2D eigenvalue weighted by Gasteiger charge is -2.38. The predicted octanol–water partition coefficient (Wildman–Crippen LogP) is 2.51. The Kier molecular flexibility index (Phi) is 8.79. The lowest BCUT2D eigenvalue weighted by molar-refractivity contribution is -0.133. The van der Waals surface area contributed by atoms with Crippen LogP contribution in [-0.2, 0) is 29.1 Å². The van der Waals surface area contributed by atoms with Gasteiger partial charge < -0.3 is 20.4 Å². The molecule has 5 rings (SSSR count). The molecule has 11 heteroatoms. The zero-order valence-corrected chi connectivity index (χ0v) is 24.9. The van der Waals surface area contributed by atoms with Gasteiger partial charge in [0.25, 0.3) is 5.56 Å². The van der Waals surface area contributed by atoms with Gasteiger partial charge in [-0.05, 0) is 61.4 Å². The third-order valence-electron chi connectivity index (χ3n) is 8.55. The second-order valence-corrected chi connectivity index (χ2v) is 11.3. The number of aryl methyl sites for hydroxylation is 1.